The second-order valence-corrected chi connectivity index (χ2v) is 4.12. The highest BCUT2D eigenvalue weighted by atomic mass is 16.3. The van der Waals surface area contributed by atoms with Crippen LogP contribution in [0, 0.1) is 11.8 Å². The maximum Gasteiger partial charge on any atom is 0.222 e. The molecule has 0 radical (unpaired) electrons. The number of aliphatic hydroxyl groups is 1. The van der Waals surface area contributed by atoms with Crippen molar-refractivity contribution in [2.75, 3.05) is 7.05 Å². The summed E-state index contributed by atoms with van der Waals surface area (Å²) in [5.74, 6) is -0.356. The van der Waals surface area contributed by atoms with E-state index in [4.69, 9.17) is 0 Å². The Balaban J connectivity index is 2.74. The molecule has 3 atom stereocenters. The van der Waals surface area contributed by atoms with Crippen LogP contribution in [-0.2, 0) is 4.79 Å². The second-order valence-electron chi connectivity index (χ2n) is 4.12. The highest BCUT2D eigenvalue weighted by molar-refractivity contribution is 5.78. The van der Waals surface area contributed by atoms with Crippen LogP contribution in [0.4, 0.5) is 0 Å². The highest BCUT2D eigenvalue weighted by Crippen LogP contribution is 2.27. The van der Waals surface area contributed by atoms with Crippen LogP contribution in [0.15, 0.2) is 30.3 Å². The normalized spacial score (nSPS) is 16.2. The number of amides is 1. The van der Waals surface area contributed by atoms with Crippen molar-refractivity contribution in [2.45, 2.75) is 20.0 Å². The standard InChI is InChI=1S/C13H19NO2/c1-9(10(2)13(16)14-3)12(15)11-7-5-4-6-8-11/h4-10,12,15H,1-3H3,(H,14,16)/t9-,10?,12-/m1/s1. The molecule has 88 valence electrons. The van der Waals surface area contributed by atoms with Gasteiger partial charge in [-0.3, -0.25) is 4.79 Å². The first-order chi connectivity index (χ1) is 7.57. The molecule has 0 saturated carbocycles. The lowest BCUT2D eigenvalue weighted by molar-refractivity contribution is -0.126. The van der Waals surface area contributed by atoms with Gasteiger partial charge in [0, 0.05) is 13.0 Å². The van der Waals surface area contributed by atoms with Crippen LogP contribution in [0.25, 0.3) is 0 Å². The van der Waals surface area contributed by atoms with Gasteiger partial charge >= 0.3 is 0 Å². The van der Waals surface area contributed by atoms with Crippen molar-refractivity contribution >= 4 is 5.91 Å². The molecule has 1 aromatic rings. The number of carbonyl (C=O) groups is 1. The minimum absolute atomic E-state index is 0.0394. The van der Waals surface area contributed by atoms with E-state index < -0.39 is 6.10 Å². The Morgan fingerprint density at radius 1 is 1.25 bits per heavy atom. The maximum absolute atomic E-state index is 11.5. The number of benzene rings is 1. The fourth-order valence-electron chi connectivity index (χ4n) is 1.69. The number of nitrogens with one attached hydrogen (secondary N) is 1. The van der Waals surface area contributed by atoms with Gasteiger partial charge in [0.25, 0.3) is 0 Å². The van der Waals surface area contributed by atoms with Gasteiger partial charge in [-0.15, -0.1) is 0 Å². The van der Waals surface area contributed by atoms with Crippen molar-refractivity contribution < 1.29 is 9.90 Å². The highest BCUT2D eigenvalue weighted by Gasteiger charge is 2.26. The van der Waals surface area contributed by atoms with E-state index >= 15 is 0 Å². The Bertz CT molecular complexity index is 337. The van der Waals surface area contributed by atoms with E-state index in [2.05, 4.69) is 5.32 Å². The van der Waals surface area contributed by atoms with E-state index in [1.807, 2.05) is 44.2 Å². The third-order valence-corrected chi connectivity index (χ3v) is 3.09. The Morgan fingerprint density at radius 2 is 1.81 bits per heavy atom. The van der Waals surface area contributed by atoms with Crippen molar-refractivity contribution in [3.8, 4) is 0 Å². The number of hydrogen-bond acceptors (Lipinski definition) is 2. The molecule has 0 saturated heterocycles. The molecule has 0 aliphatic heterocycles. The number of rotatable bonds is 4. The quantitative estimate of drug-likeness (QED) is 0.813. The molecular weight excluding hydrogens is 202 g/mol. The first kappa shape index (κ1) is 12.7. The zero-order valence-corrected chi connectivity index (χ0v) is 9.97. The number of hydrogen-bond donors (Lipinski definition) is 2. The number of carbonyl (C=O) groups excluding carboxylic acids is 1. The predicted molar refractivity (Wildman–Crippen MR) is 63.8 cm³/mol. The van der Waals surface area contributed by atoms with Gasteiger partial charge in [0.15, 0.2) is 0 Å². The summed E-state index contributed by atoms with van der Waals surface area (Å²) in [5, 5.41) is 12.7. The fraction of sp³-hybridized carbons (Fsp3) is 0.462. The molecule has 0 heterocycles. The average Bonchev–Trinajstić information content (AvgIpc) is 2.36. The summed E-state index contributed by atoms with van der Waals surface area (Å²) in [4.78, 5) is 11.5. The number of aliphatic hydroxyl groups excluding tert-OH is 1. The summed E-state index contributed by atoms with van der Waals surface area (Å²) < 4.78 is 0. The molecule has 0 aliphatic carbocycles. The van der Waals surface area contributed by atoms with Gasteiger partial charge in [0.2, 0.25) is 5.91 Å². The fourth-order valence-corrected chi connectivity index (χ4v) is 1.69. The van der Waals surface area contributed by atoms with Gasteiger partial charge in [-0.1, -0.05) is 44.2 Å². The van der Waals surface area contributed by atoms with Crippen LogP contribution in [0.2, 0.25) is 0 Å². The zero-order chi connectivity index (χ0) is 12.1. The van der Waals surface area contributed by atoms with E-state index in [0.717, 1.165) is 5.56 Å². The van der Waals surface area contributed by atoms with Gasteiger partial charge in [-0.05, 0) is 11.5 Å². The summed E-state index contributed by atoms with van der Waals surface area (Å²) in [6.07, 6.45) is -0.603. The van der Waals surface area contributed by atoms with Gasteiger partial charge < -0.3 is 10.4 Å². The minimum Gasteiger partial charge on any atom is -0.388 e. The summed E-state index contributed by atoms with van der Waals surface area (Å²) >= 11 is 0. The van der Waals surface area contributed by atoms with Crippen LogP contribution in [0.5, 0.6) is 0 Å². The lowest BCUT2D eigenvalue weighted by Crippen LogP contribution is -2.32. The van der Waals surface area contributed by atoms with Gasteiger partial charge in [0.1, 0.15) is 0 Å². The van der Waals surface area contributed by atoms with E-state index in [1.54, 1.807) is 7.05 Å². The second kappa shape index (κ2) is 5.66. The van der Waals surface area contributed by atoms with E-state index in [0.29, 0.717) is 0 Å². The molecule has 2 N–H and O–H groups in total. The van der Waals surface area contributed by atoms with Gasteiger partial charge in [-0.25, -0.2) is 0 Å². The van der Waals surface area contributed by atoms with E-state index in [-0.39, 0.29) is 17.7 Å². The Morgan fingerprint density at radius 3 is 2.31 bits per heavy atom. The molecule has 0 aliphatic rings. The van der Waals surface area contributed by atoms with Crippen LogP contribution in [0.3, 0.4) is 0 Å². The van der Waals surface area contributed by atoms with Crippen molar-refractivity contribution in [1.82, 2.24) is 5.32 Å². The Kier molecular flexibility index (Phi) is 4.50. The molecule has 1 amide bonds. The van der Waals surface area contributed by atoms with E-state index in [1.165, 1.54) is 0 Å². The lowest BCUT2D eigenvalue weighted by Gasteiger charge is -2.24. The molecule has 16 heavy (non-hydrogen) atoms. The van der Waals surface area contributed by atoms with Crippen molar-refractivity contribution in [1.29, 1.82) is 0 Å². The molecule has 1 unspecified atom stereocenters. The molecule has 0 fully saturated rings. The summed E-state index contributed by atoms with van der Waals surface area (Å²) in [5.41, 5.74) is 0.853. The smallest absolute Gasteiger partial charge is 0.222 e. The molecule has 0 spiro atoms. The minimum atomic E-state index is -0.603. The van der Waals surface area contributed by atoms with Crippen molar-refractivity contribution in [3.63, 3.8) is 0 Å². The largest absolute Gasteiger partial charge is 0.388 e. The van der Waals surface area contributed by atoms with Gasteiger partial charge in [-0.2, -0.15) is 0 Å². The topological polar surface area (TPSA) is 49.3 Å². The SMILES string of the molecule is CNC(=O)C(C)[C@@H](C)[C@@H](O)c1ccccc1. The van der Waals surface area contributed by atoms with Crippen LogP contribution < -0.4 is 5.32 Å². The monoisotopic (exact) mass is 221 g/mol. The van der Waals surface area contributed by atoms with E-state index in [9.17, 15) is 9.90 Å². The third-order valence-electron chi connectivity index (χ3n) is 3.09. The predicted octanol–water partition coefficient (Wildman–Crippen LogP) is 1.74. The molecule has 1 aromatic carbocycles. The average molecular weight is 221 g/mol. The first-order valence-electron chi connectivity index (χ1n) is 5.52. The maximum atomic E-state index is 11.5. The van der Waals surface area contributed by atoms with Gasteiger partial charge in [0.05, 0.1) is 6.10 Å². The molecule has 3 heteroatoms. The molecule has 0 bridgehead atoms. The van der Waals surface area contributed by atoms with Crippen LogP contribution >= 0.6 is 0 Å². The van der Waals surface area contributed by atoms with Crippen LogP contribution in [-0.4, -0.2) is 18.1 Å². The Hall–Kier alpha value is -1.35. The third kappa shape index (κ3) is 2.83. The lowest BCUT2D eigenvalue weighted by atomic mass is 9.86. The molecule has 0 aromatic heterocycles. The first-order valence-corrected chi connectivity index (χ1v) is 5.52. The van der Waals surface area contributed by atoms with Crippen molar-refractivity contribution in [2.24, 2.45) is 11.8 Å². The summed E-state index contributed by atoms with van der Waals surface area (Å²) in [7, 11) is 1.61. The zero-order valence-electron chi connectivity index (χ0n) is 9.97. The summed E-state index contributed by atoms with van der Waals surface area (Å²) in [6.45, 7) is 3.72. The summed E-state index contributed by atoms with van der Waals surface area (Å²) in [6, 6.07) is 9.42. The van der Waals surface area contributed by atoms with Crippen molar-refractivity contribution in [3.05, 3.63) is 35.9 Å². The molecule has 1 rings (SSSR count). The molecular formula is C13H19NO2. The van der Waals surface area contributed by atoms with Crippen LogP contribution in [0.1, 0.15) is 25.5 Å². The Labute approximate surface area is 96.5 Å². The molecule has 3 nitrogen and oxygen atoms in total.